The number of ether oxygens (including phenoxy) is 2. The normalized spacial score (nSPS) is 12.4. The number of benzene rings is 3. The van der Waals surface area contributed by atoms with Crippen LogP contribution in [0.15, 0.2) is 42.5 Å². The zero-order valence-corrected chi connectivity index (χ0v) is 17.1. The summed E-state index contributed by atoms with van der Waals surface area (Å²) in [6.07, 6.45) is 2.81. The quantitative estimate of drug-likeness (QED) is 0.285. The molecular weight excluding hydrogens is 401 g/mol. The molecule has 0 bridgehead atoms. The van der Waals surface area contributed by atoms with Crippen LogP contribution < -0.4 is 9.47 Å². The summed E-state index contributed by atoms with van der Waals surface area (Å²) >= 11 is 0. The monoisotopic (exact) mass is 421 g/mol. The van der Waals surface area contributed by atoms with Crippen molar-refractivity contribution in [3.05, 3.63) is 80.6 Å². The van der Waals surface area contributed by atoms with Gasteiger partial charge in [-0.3, -0.25) is 14.9 Å². The SMILES string of the molecule is COc1c(C=O)cc(Oc2c(C)cc([N+](=O)[O-])c3c2CCC3)cc1-c1ccc(F)cc1. The molecule has 0 saturated carbocycles. The molecule has 7 heteroatoms. The highest BCUT2D eigenvalue weighted by Crippen LogP contribution is 2.43. The van der Waals surface area contributed by atoms with E-state index in [9.17, 15) is 19.3 Å². The van der Waals surface area contributed by atoms with Crippen molar-refractivity contribution in [1.29, 1.82) is 0 Å². The molecule has 0 N–H and O–H groups in total. The molecule has 0 heterocycles. The Kier molecular flexibility index (Phi) is 5.42. The Morgan fingerprint density at radius 1 is 1.06 bits per heavy atom. The number of nitro groups is 1. The number of methoxy groups -OCH3 is 1. The molecule has 0 aliphatic heterocycles. The van der Waals surface area contributed by atoms with Gasteiger partial charge in [-0.15, -0.1) is 0 Å². The van der Waals surface area contributed by atoms with E-state index < -0.39 is 0 Å². The maximum absolute atomic E-state index is 13.4. The van der Waals surface area contributed by atoms with Crippen LogP contribution in [0.4, 0.5) is 10.1 Å². The average molecular weight is 421 g/mol. The number of nitrogens with zero attached hydrogens (tertiary/aromatic N) is 1. The number of hydrogen-bond donors (Lipinski definition) is 0. The second-order valence-corrected chi connectivity index (χ2v) is 7.43. The summed E-state index contributed by atoms with van der Waals surface area (Å²) in [5.41, 5.74) is 3.84. The standard InChI is InChI=1S/C24H20FNO5/c1-14-10-22(26(28)29)19-4-3-5-20(19)23(14)31-18-11-16(13-27)24(30-2)21(12-18)15-6-8-17(25)9-7-15/h6-13H,3-5H2,1-2H3. The molecule has 3 aromatic carbocycles. The molecule has 31 heavy (non-hydrogen) atoms. The Labute approximate surface area is 178 Å². The Morgan fingerprint density at radius 2 is 1.77 bits per heavy atom. The van der Waals surface area contributed by atoms with Crippen LogP contribution in [-0.2, 0) is 12.8 Å². The number of halogens is 1. The van der Waals surface area contributed by atoms with Crippen LogP contribution in [0.2, 0.25) is 0 Å². The topological polar surface area (TPSA) is 78.7 Å². The third-order valence-electron chi connectivity index (χ3n) is 5.51. The van der Waals surface area contributed by atoms with Crippen molar-refractivity contribution in [3.63, 3.8) is 0 Å². The maximum Gasteiger partial charge on any atom is 0.273 e. The van der Waals surface area contributed by atoms with Crippen LogP contribution in [0, 0.1) is 22.9 Å². The van der Waals surface area contributed by atoms with Gasteiger partial charge in [0.05, 0.1) is 17.6 Å². The fraction of sp³-hybridized carbons (Fsp3) is 0.208. The van der Waals surface area contributed by atoms with Crippen molar-refractivity contribution >= 4 is 12.0 Å². The summed E-state index contributed by atoms with van der Waals surface area (Å²) in [7, 11) is 1.46. The lowest BCUT2D eigenvalue weighted by Gasteiger charge is -2.17. The van der Waals surface area contributed by atoms with Crippen molar-refractivity contribution in [1.82, 2.24) is 0 Å². The first kappa shape index (κ1) is 20.5. The molecule has 6 nitrogen and oxygen atoms in total. The number of rotatable bonds is 6. The minimum absolute atomic E-state index is 0.118. The van der Waals surface area contributed by atoms with Gasteiger partial charge in [0.1, 0.15) is 23.1 Å². The fourth-order valence-corrected chi connectivity index (χ4v) is 4.14. The first-order chi connectivity index (χ1) is 14.9. The summed E-state index contributed by atoms with van der Waals surface area (Å²) in [5.74, 6) is 0.959. The summed E-state index contributed by atoms with van der Waals surface area (Å²) in [6.45, 7) is 1.77. The number of nitro benzene ring substituents is 1. The Bertz CT molecular complexity index is 1190. The second kappa shape index (κ2) is 8.18. The molecule has 0 spiro atoms. The van der Waals surface area contributed by atoms with Crippen LogP contribution in [0.1, 0.15) is 33.5 Å². The van der Waals surface area contributed by atoms with Crippen molar-refractivity contribution < 1.29 is 23.6 Å². The summed E-state index contributed by atoms with van der Waals surface area (Å²) in [4.78, 5) is 22.8. The van der Waals surface area contributed by atoms with E-state index in [-0.39, 0.29) is 22.0 Å². The van der Waals surface area contributed by atoms with Gasteiger partial charge in [-0.25, -0.2) is 4.39 Å². The molecule has 0 amide bonds. The van der Waals surface area contributed by atoms with Gasteiger partial charge in [0, 0.05) is 22.8 Å². The molecule has 0 radical (unpaired) electrons. The van der Waals surface area contributed by atoms with Crippen LogP contribution in [0.5, 0.6) is 17.2 Å². The van der Waals surface area contributed by atoms with Gasteiger partial charge in [0.2, 0.25) is 0 Å². The Hall–Kier alpha value is -3.74. The zero-order chi connectivity index (χ0) is 22.1. The summed E-state index contributed by atoms with van der Waals surface area (Å²) in [6, 6.07) is 10.7. The predicted octanol–water partition coefficient (Wildman–Crippen LogP) is 5.81. The molecule has 1 aliphatic rings. The van der Waals surface area contributed by atoms with E-state index in [0.717, 1.165) is 12.0 Å². The highest BCUT2D eigenvalue weighted by molar-refractivity contribution is 5.87. The minimum Gasteiger partial charge on any atom is -0.495 e. The number of aldehydes is 1. The number of hydrogen-bond acceptors (Lipinski definition) is 5. The van der Waals surface area contributed by atoms with E-state index in [2.05, 4.69) is 0 Å². The lowest BCUT2D eigenvalue weighted by molar-refractivity contribution is -0.385. The summed E-state index contributed by atoms with van der Waals surface area (Å²) < 4.78 is 25.0. The number of aryl methyl sites for hydroxylation is 1. The van der Waals surface area contributed by atoms with Gasteiger partial charge in [0.25, 0.3) is 5.69 Å². The molecule has 0 atom stereocenters. The van der Waals surface area contributed by atoms with Crippen molar-refractivity contribution in [2.45, 2.75) is 26.2 Å². The van der Waals surface area contributed by atoms with Gasteiger partial charge in [-0.05, 0) is 61.6 Å². The zero-order valence-electron chi connectivity index (χ0n) is 17.1. The molecule has 1 aliphatic carbocycles. The predicted molar refractivity (Wildman–Crippen MR) is 114 cm³/mol. The lowest BCUT2D eigenvalue weighted by atomic mass is 10.0. The first-order valence-corrected chi connectivity index (χ1v) is 9.83. The molecule has 3 aromatic rings. The Morgan fingerprint density at radius 3 is 2.42 bits per heavy atom. The highest BCUT2D eigenvalue weighted by Gasteiger charge is 2.28. The third kappa shape index (κ3) is 3.74. The van der Waals surface area contributed by atoms with E-state index in [4.69, 9.17) is 9.47 Å². The molecule has 158 valence electrons. The maximum atomic E-state index is 13.4. The number of carbonyl (C=O) groups is 1. The van der Waals surface area contributed by atoms with Crippen LogP contribution in [0.25, 0.3) is 11.1 Å². The van der Waals surface area contributed by atoms with Gasteiger partial charge in [-0.2, -0.15) is 0 Å². The molecule has 0 aromatic heterocycles. The van der Waals surface area contributed by atoms with Gasteiger partial charge in [-0.1, -0.05) is 12.1 Å². The molecule has 4 rings (SSSR count). The Balaban J connectivity index is 1.84. The third-order valence-corrected chi connectivity index (χ3v) is 5.51. The van der Waals surface area contributed by atoms with Gasteiger partial charge < -0.3 is 9.47 Å². The van der Waals surface area contributed by atoms with Crippen molar-refractivity contribution in [3.8, 4) is 28.4 Å². The van der Waals surface area contributed by atoms with E-state index in [1.807, 2.05) is 0 Å². The van der Waals surface area contributed by atoms with Gasteiger partial charge >= 0.3 is 0 Å². The average Bonchev–Trinajstić information content (AvgIpc) is 3.25. The smallest absolute Gasteiger partial charge is 0.273 e. The number of carbonyl (C=O) groups excluding carboxylic acids is 1. The summed E-state index contributed by atoms with van der Waals surface area (Å²) in [5, 5.41) is 11.4. The van der Waals surface area contributed by atoms with Crippen molar-refractivity contribution in [2.75, 3.05) is 7.11 Å². The van der Waals surface area contributed by atoms with E-state index >= 15 is 0 Å². The fourth-order valence-electron chi connectivity index (χ4n) is 4.14. The molecule has 0 unspecified atom stereocenters. The number of fused-ring (bicyclic) bond motifs is 1. The highest BCUT2D eigenvalue weighted by atomic mass is 19.1. The van der Waals surface area contributed by atoms with Crippen molar-refractivity contribution in [2.24, 2.45) is 0 Å². The van der Waals surface area contributed by atoms with Gasteiger partial charge in [0.15, 0.2) is 6.29 Å². The van der Waals surface area contributed by atoms with E-state index in [1.54, 1.807) is 31.2 Å². The van der Waals surface area contributed by atoms with E-state index in [0.29, 0.717) is 58.6 Å². The lowest BCUT2D eigenvalue weighted by Crippen LogP contribution is -2.01. The van der Waals surface area contributed by atoms with Crippen LogP contribution in [0.3, 0.4) is 0 Å². The first-order valence-electron chi connectivity index (χ1n) is 9.83. The largest absolute Gasteiger partial charge is 0.495 e. The van der Waals surface area contributed by atoms with E-state index in [1.165, 1.54) is 25.3 Å². The van der Waals surface area contributed by atoms with Crippen LogP contribution >= 0.6 is 0 Å². The molecule has 0 saturated heterocycles. The second-order valence-electron chi connectivity index (χ2n) is 7.43. The van der Waals surface area contributed by atoms with Crippen LogP contribution in [-0.4, -0.2) is 18.3 Å². The molecular formula is C24H20FNO5. The molecule has 0 fully saturated rings. The minimum atomic E-state index is -0.372.